The highest BCUT2D eigenvalue weighted by Crippen LogP contribution is 2.17. The summed E-state index contributed by atoms with van der Waals surface area (Å²) in [6.45, 7) is 8.61. The molecule has 2 aromatic rings. The Balaban J connectivity index is 1.86. The number of benzene rings is 2. The average molecular weight is 382 g/mol. The lowest BCUT2D eigenvalue weighted by Gasteiger charge is -2.22. The molecule has 0 bridgehead atoms. The van der Waals surface area contributed by atoms with Crippen LogP contribution >= 0.6 is 0 Å². The lowest BCUT2D eigenvalue weighted by Crippen LogP contribution is -2.51. The molecule has 1 unspecified atom stereocenters. The van der Waals surface area contributed by atoms with Crippen LogP contribution in [-0.2, 0) is 11.2 Å². The molecule has 0 aromatic heterocycles. The third-order valence-corrected chi connectivity index (χ3v) is 4.63. The lowest BCUT2D eigenvalue weighted by atomic mass is 10.0. The van der Waals surface area contributed by atoms with E-state index in [9.17, 15) is 9.59 Å². The van der Waals surface area contributed by atoms with E-state index in [4.69, 9.17) is 0 Å². The Bertz CT molecular complexity index is 755. The van der Waals surface area contributed by atoms with E-state index in [-0.39, 0.29) is 17.9 Å². The average Bonchev–Trinajstić information content (AvgIpc) is 2.67. The molecule has 0 aliphatic heterocycles. The van der Waals surface area contributed by atoms with E-state index in [1.165, 1.54) is 11.1 Å². The van der Waals surface area contributed by atoms with Gasteiger partial charge in [0.1, 0.15) is 6.04 Å². The van der Waals surface area contributed by atoms with Crippen molar-refractivity contribution in [1.29, 1.82) is 0 Å². The van der Waals surface area contributed by atoms with Gasteiger partial charge in [-0.05, 0) is 41.5 Å². The van der Waals surface area contributed by atoms with E-state index >= 15 is 0 Å². The van der Waals surface area contributed by atoms with Crippen LogP contribution in [0.2, 0.25) is 0 Å². The summed E-state index contributed by atoms with van der Waals surface area (Å²) in [5, 5.41) is 8.51. The van der Waals surface area contributed by atoms with Crippen molar-refractivity contribution in [2.24, 2.45) is 5.92 Å². The molecule has 0 radical (unpaired) electrons. The van der Waals surface area contributed by atoms with Crippen LogP contribution in [0.25, 0.3) is 0 Å². The van der Waals surface area contributed by atoms with Gasteiger partial charge in [-0.25, -0.2) is 4.79 Å². The molecule has 2 rings (SSSR count). The second-order valence-corrected chi connectivity index (χ2v) is 7.62. The smallest absolute Gasteiger partial charge is 0.319 e. The van der Waals surface area contributed by atoms with Gasteiger partial charge in [0.15, 0.2) is 0 Å². The number of amides is 3. The zero-order valence-corrected chi connectivity index (χ0v) is 17.2. The fraction of sp³-hybridized carbons (Fsp3) is 0.391. The highest BCUT2D eigenvalue weighted by molar-refractivity contribution is 5.93. The minimum absolute atomic E-state index is 0.0224. The number of carbonyl (C=O) groups excluding carboxylic acids is 2. The van der Waals surface area contributed by atoms with E-state index in [0.29, 0.717) is 18.2 Å². The Morgan fingerprint density at radius 2 is 1.54 bits per heavy atom. The maximum absolute atomic E-state index is 12.5. The predicted molar refractivity (Wildman–Crippen MR) is 114 cm³/mol. The van der Waals surface area contributed by atoms with Gasteiger partial charge in [0.2, 0.25) is 5.91 Å². The monoisotopic (exact) mass is 381 g/mol. The molecule has 5 heteroatoms. The van der Waals surface area contributed by atoms with Crippen LogP contribution in [-0.4, -0.2) is 24.5 Å². The van der Waals surface area contributed by atoms with Crippen molar-refractivity contribution in [2.75, 3.05) is 11.9 Å². The third-order valence-electron chi connectivity index (χ3n) is 4.63. The Labute approximate surface area is 167 Å². The molecule has 0 saturated carbocycles. The molecular formula is C23H31N3O2. The Kier molecular flexibility index (Phi) is 8.05. The summed E-state index contributed by atoms with van der Waals surface area (Å²) in [4.78, 5) is 24.9. The molecule has 0 aliphatic carbocycles. The topological polar surface area (TPSA) is 70.2 Å². The first-order valence-corrected chi connectivity index (χ1v) is 9.86. The van der Waals surface area contributed by atoms with Crippen molar-refractivity contribution in [3.05, 3.63) is 65.7 Å². The van der Waals surface area contributed by atoms with Crippen molar-refractivity contribution >= 4 is 17.6 Å². The van der Waals surface area contributed by atoms with Gasteiger partial charge in [0, 0.05) is 12.2 Å². The zero-order valence-electron chi connectivity index (χ0n) is 17.2. The van der Waals surface area contributed by atoms with Crippen LogP contribution in [0.4, 0.5) is 10.5 Å². The first kappa shape index (κ1) is 21.5. The maximum Gasteiger partial charge on any atom is 0.319 e. The second kappa shape index (κ2) is 10.5. The Morgan fingerprint density at radius 3 is 2.11 bits per heavy atom. The number of hydrogen-bond acceptors (Lipinski definition) is 2. The molecule has 5 nitrogen and oxygen atoms in total. The first-order valence-electron chi connectivity index (χ1n) is 9.86. The van der Waals surface area contributed by atoms with Crippen LogP contribution in [0, 0.1) is 5.92 Å². The minimum Gasteiger partial charge on any atom is -0.354 e. The van der Waals surface area contributed by atoms with Crippen LogP contribution in [0.3, 0.4) is 0 Å². The van der Waals surface area contributed by atoms with Crippen molar-refractivity contribution in [1.82, 2.24) is 10.6 Å². The number of rotatable bonds is 8. The van der Waals surface area contributed by atoms with E-state index in [1.807, 2.05) is 68.4 Å². The van der Waals surface area contributed by atoms with Gasteiger partial charge in [-0.2, -0.15) is 0 Å². The fourth-order valence-electron chi connectivity index (χ4n) is 2.88. The molecular weight excluding hydrogens is 350 g/mol. The maximum atomic E-state index is 12.5. The largest absolute Gasteiger partial charge is 0.354 e. The Hall–Kier alpha value is -2.82. The number of anilines is 1. The van der Waals surface area contributed by atoms with Crippen LogP contribution < -0.4 is 16.0 Å². The van der Waals surface area contributed by atoms with Crippen molar-refractivity contribution in [3.8, 4) is 0 Å². The molecule has 0 spiro atoms. The van der Waals surface area contributed by atoms with Gasteiger partial charge < -0.3 is 16.0 Å². The first-order chi connectivity index (χ1) is 13.4. The van der Waals surface area contributed by atoms with Gasteiger partial charge in [-0.15, -0.1) is 0 Å². The quantitative estimate of drug-likeness (QED) is 0.637. The number of nitrogens with one attached hydrogen (secondary N) is 3. The van der Waals surface area contributed by atoms with Gasteiger partial charge in [0.05, 0.1) is 0 Å². The van der Waals surface area contributed by atoms with Gasteiger partial charge in [-0.3, -0.25) is 4.79 Å². The van der Waals surface area contributed by atoms with Crippen LogP contribution in [0.5, 0.6) is 0 Å². The summed E-state index contributed by atoms with van der Waals surface area (Å²) in [5.74, 6) is 0.245. The molecule has 0 aliphatic rings. The molecule has 28 heavy (non-hydrogen) atoms. The Morgan fingerprint density at radius 1 is 0.893 bits per heavy atom. The summed E-state index contributed by atoms with van der Waals surface area (Å²) in [5.41, 5.74) is 3.08. The zero-order chi connectivity index (χ0) is 20.5. The van der Waals surface area contributed by atoms with Crippen LogP contribution in [0.15, 0.2) is 54.6 Å². The molecule has 0 saturated heterocycles. The molecule has 0 fully saturated rings. The summed E-state index contributed by atoms with van der Waals surface area (Å²) in [7, 11) is 0. The van der Waals surface area contributed by atoms with Crippen molar-refractivity contribution < 1.29 is 9.59 Å². The van der Waals surface area contributed by atoms with E-state index in [1.54, 1.807) is 0 Å². The highest BCUT2D eigenvalue weighted by Gasteiger charge is 2.23. The van der Waals surface area contributed by atoms with Gasteiger partial charge in [-0.1, -0.05) is 70.2 Å². The fourth-order valence-corrected chi connectivity index (χ4v) is 2.88. The summed E-state index contributed by atoms with van der Waals surface area (Å²) >= 11 is 0. The van der Waals surface area contributed by atoms with E-state index < -0.39 is 6.04 Å². The lowest BCUT2D eigenvalue weighted by molar-refractivity contribution is -0.123. The molecule has 3 N–H and O–H groups in total. The number of urea groups is 1. The number of hydrogen-bond donors (Lipinski definition) is 3. The normalized spacial score (nSPS) is 11.9. The molecule has 3 amide bonds. The molecule has 1 atom stereocenters. The van der Waals surface area contributed by atoms with Gasteiger partial charge >= 0.3 is 6.03 Å². The van der Waals surface area contributed by atoms with Crippen molar-refractivity contribution in [3.63, 3.8) is 0 Å². The summed E-state index contributed by atoms with van der Waals surface area (Å²) in [6.07, 6.45) is 0.756. The summed E-state index contributed by atoms with van der Waals surface area (Å²) < 4.78 is 0. The molecule has 0 heterocycles. The summed E-state index contributed by atoms with van der Waals surface area (Å²) in [6, 6.07) is 16.8. The molecule has 2 aromatic carbocycles. The van der Waals surface area contributed by atoms with Gasteiger partial charge in [0.25, 0.3) is 0 Å². The molecule has 150 valence electrons. The highest BCUT2D eigenvalue weighted by atomic mass is 16.2. The predicted octanol–water partition coefficient (Wildman–Crippen LogP) is 4.32. The SMILES string of the molecule is CC(C)c1ccc(NC(=O)NC(C(=O)NCCc2ccccc2)C(C)C)cc1. The standard InChI is InChI=1S/C23H31N3O2/c1-16(2)19-10-12-20(13-11-19)25-23(28)26-21(17(3)4)22(27)24-15-14-18-8-6-5-7-9-18/h5-13,16-17,21H,14-15H2,1-4H3,(H,24,27)(H2,25,26,28). The third kappa shape index (κ3) is 6.72. The van der Waals surface area contributed by atoms with Crippen LogP contribution in [0.1, 0.15) is 44.7 Å². The van der Waals surface area contributed by atoms with E-state index in [2.05, 4.69) is 29.8 Å². The second-order valence-electron chi connectivity index (χ2n) is 7.62. The number of carbonyl (C=O) groups is 2. The van der Waals surface area contributed by atoms with E-state index in [0.717, 1.165) is 6.42 Å². The minimum atomic E-state index is -0.592. The van der Waals surface area contributed by atoms with Crippen molar-refractivity contribution in [2.45, 2.75) is 46.1 Å².